The minimum absolute atomic E-state index is 0.195. The van der Waals surface area contributed by atoms with Gasteiger partial charge in [-0.3, -0.25) is 0 Å². The van der Waals surface area contributed by atoms with Gasteiger partial charge in [-0.2, -0.15) is 0 Å². The van der Waals surface area contributed by atoms with Crippen LogP contribution < -0.4 is 0 Å². The minimum Gasteiger partial charge on any atom is -0.392 e. The summed E-state index contributed by atoms with van der Waals surface area (Å²) < 4.78 is 26.8. The molecular formula is C13H10F2OS. The van der Waals surface area contributed by atoms with Gasteiger partial charge in [0, 0.05) is 15.4 Å². The van der Waals surface area contributed by atoms with Crippen molar-refractivity contribution in [1.29, 1.82) is 0 Å². The van der Waals surface area contributed by atoms with Gasteiger partial charge in [0.05, 0.1) is 6.61 Å². The Hall–Kier alpha value is -1.39. The zero-order valence-corrected chi connectivity index (χ0v) is 9.68. The summed E-state index contributed by atoms with van der Waals surface area (Å²) in [5.41, 5.74) is 0.195. The molecule has 0 aliphatic rings. The zero-order chi connectivity index (χ0) is 12.3. The van der Waals surface area contributed by atoms with E-state index in [-0.39, 0.29) is 11.4 Å². The molecule has 0 atom stereocenters. The first-order valence-electron chi connectivity index (χ1n) is 5.03. The molecule has 0 aromatic heterocycles. The lowest BCUT2D eigenvalue weighted by atomic mass is 10.2. The molecule has 0 amide bonds. The molecule has 0 aliphatic carbocycles. The Kier molecular flexibility index (Phi) is 3.76. The van der Waals surface area contributed by atoms with Gasteiger partial charge in [-0.1, -0.05) is 30.0 Å². The summed E-state index contributed by atoms with van der Waals surface area (Å²) in [6, 6.07) is 10.7. The van der Waals surface area contributed by atoms with Gasteiger partial charge in [-0.25, -0.2) is 8.78 Å². The smallest absolute Gasteiger partial charge is 0.137 e. The first kappa shape index (κ1) is 12.1. The van der Waals surface area contributed by atoms with E-state index in [1.807, 2.05) is 0 Å². The molecule has 0 radical (unpaired) electrons. The molecule has 1 N–H and O–H groups in total. The van der Waals surface area contributed by atoms with Gasteiger partial charge in [0.2, 0.25) is 0 Å². The number of aliphatic hydroxyl groups is 1. The molecule has 88 valence electrons. The van der Waals surface area contributed by atoms with Crippen molar-refractivity contribution in [3.63, 3.8) is 0 Å². The minimum atomic E-state index is -0.478. The van der Waals surface area contributed by atoms with Gasteiger partial charge in [0.25, 0.3) is 0 Å². The van der Waals surface area contributed by atoms with E-state index >= 15 is 0 Å². The molecule has 17 heavy (non-hydrogen) atoms. The van der Waals surface area contributed by atoms with Crippen molar-refractivity contribution in [2.45, 2.75) is 16.4 Å². The molecular weight excluding hydrogens is 242 g/mol. The van der Waals surface area contributed by atoms with E-state index in [1.165, 1.54) is 18.2 Å². The maximum atomic E-state index is 13.4. The second kappa shape index (κ2) is 5.29. The molecule has 2 aromatic rings. The highest BCUT2D eigenvalue weighted by atomic mass is 32.2. The van der Waals surface area contributed by atoms with Gasteiger partial charge < -0.3 is 5.11 Å². The van der Waals surface area contributed by atoms with E-state index in [1.54, 1.807) is 24.3 Å². The van der Waals surface area contributed by atoms with Crippen LogP contribution in [0.1, 0.15) is 5.56 Å². The van der Waals surface area contributed by atoms with Crippen molar-refractivity contribution in [1.82, 2.24) is 0 Å². The third-order valence-corrected chi connectivity index (χ3v) is 3.44. The highest BCUT2D eigenvalue weighted by Crippen LogP contribution is 2.33. The van der Waals surface area contributed by atoms with E-state index in [2.05, 4.69) is 0 Å². The molecule has 1 nitrogen and oxygen atoms in total. The quantitative estimate of drug-likeness (QED) is 0.900. The summed E-state index contributed by atoms with van der Waals surface area (Å²) in [4.78, 5) is 0.936. The topological polar surface area (TPSA) is 20.2 Å². The van der Waals surface area contributed by atoms with Crippen molar-refractivity contribution >= 4 is 11.8 Å². The van der Waals surface area contributed by atoms with Gasteiger partial charge >= 0.3 is 0 Å². The van der Waals surface area contributed by atoms with Crippen LogP contribution in [0.5, 0.6) is 0 Å². The fourth-order valence-electron chi connectivity index (χ4n) is 1.43. The number of aliphatic hydroxyl groups excluding tert-OH is 1. The number of hydrogen-bond donors (Lipinski definition) is 1. The second-order valence-corrected chi connectivity index (χ2v) is 4.49. The summed E-state index contributed by atoms with van der Waals surface area (Å²) in [6.45, 7) is -0.399. The molecule has 2 rings (SSSR count). The summed E-state index contributed by atoms with van der Waals surface area (Å²) in [7, 11) is 0. The average molecular weight is 252 g/mol. The van der Waals surface area contributed by atoms with Crippen molar-refractivity contribution < 1.29 is 13.9 Å². The van der Waals surface area contributed by atoms with Crippen LogP contribution in [0.15, 0.2) is 52.3 Å². The Balaban J connectivity index is 2.37. The zero-order valence-electron chi connectivity index (χ0n) is 8.86. The third kappa shape index (κ3) is 2.65. The van der Waals surface area contributed by atoms with Crippen LogP contribution in [0, 0.1) is 11.6 Å². The van der Waals surface area contributed by atoms with E-state index in [0.717, 1.165) is 11.8 Å². The Morgan fingerprint density at radius 2 is 1.53 bits per heavy atom. The van der Waals surface area contributed by atoms with Gasteiger partial charge in [0.15, 0.2) is 0 Å². The predicted molar refractivity (Wildman–Crippen MR) is 62.8 cm³/mol. The van der Waals surface area contributed by atoms with Crippen LogP contribution in [0.2, 0.25) is 0 Å². The normalized spacial score (nSPS) is 10.5. The molecule has 0 spiro atoms. The monoisotopic (exact) mass is 252 g/mol. The van der Waals surface area contributed by atoms with Crippen LogP contribution in [-0.2, 0) is 6.61 Å². The van der Waals surface area contributed by atoms with Crippen molar-refractivity contribution in [2.24, 2.45) is 0 Å². The number of benzene rings is 2. The molecule has 2 aromatic carbocycles. The highest BCUT2D eigenvalue weighted by Gasteiger charge is 2.10. The molecule has 0 unspecified atom stereocenters. The van der Waals surface area contributed by atoms with Crippen LogP contribution in [0.25, 0.3) is 0 Å². The lowest BCUT2D eigenvalue weighted by Crippen LogP contribution is -1.93. The van der Waals surface area contributed by atoms with E-state index in [0.29, 0.717) is 9.79 Å². The average Bonchev–Trinajstić information content (AvgIpc) is 2.32. The van der Waals surface area contributed by atoms with Gasteiger partial charge in [0.1, 0.15) is 11.6 Å². The molecule has 0 saturated carbocycles. The van der Waals surface area contributed by atoms with Crippen LogP contribution in [-0.4, -0.2) is 5.11 Å². The molecule has 0 heterocycles. The van der Waals surface area contributed by atoms with Crippen molar-refractivity contribution in [2.75, 3.05) is 0 Å². The fraction of sp³-hybridized carbons (Fsp3) is 0.0769. The molecule has 0 saturated heterocycles. The maximum absolute atomic E-state index is 13.4. The molecule has 4 heteroatoms. The SMILES string of the molecule is OCc1c(F)cccc1Sc1ccccc1F. The molecule has 0 aliphatic heterocycles. The van der Waals surface area contributed by atoms with Crippen LogP contribution in [0.3, 0.4) is 0 Å². The highest BCUT2D eigenvalue weighted by molar-refractivity contribution is 7.99. The summed E-state index contributed by atoms with van der Waals surface area (Å²) in [5, 5.41) is 9.10. The van der Waals surface area contributed by atoms with Gasteiger partial charge in [-0.15, -0.1) is 0 Å². The van der Waals surface area contributed by atoms with E-state index in [9.17, 15) is 8.78 Å². The van der Waals surface area contributed by atoms with Crippen molar-refractivity contribution in [3.05, 3.63) is 59.7 Å². The third-order valence-electron chi connectivity index (χ3n) is 2.29. The standard InChI is InChI=1S/C13H10F2OS/c14-10-5-3-7-12(9(10)8-16)17-13-6-2-1-4-11(13)15/h1-7,16H,8H2. The first-order valence-corrected chi connectivity index (χ1v) is 5.84. The number of hydrogen-bond acceptors (Lipinski definition) is 2. The lowest BCUT2D eigenvalue weighted by Gasteiger charge is -2.08. The molecule has 0 bridgehead atoms. The first-order chi connectivity index (χ1) is 8.22. The lowest BCUT2D eigenvalue weighted by molar-refractivity contribution is 0.272. The Morgan fingerprint density at radius 3 is 2.24 bits per heavy atom. The van der Waals surface area contributed by atoms with Crippen LogP contribution in [0.4, 0.5) is 8.78 Å². The maximum Gasteiger partial charge on any atom is 0.137 e. The Bertz CT molecular complexity index is 529. The second-order valence-electron chi connectivity index (χ2n) is 3.41. The van der Waals surface area contributed by atoms with Gasteiger partial charge in [-0.05, 0) is 24.3 Å². The van der Waals surface area contributed by atoms with E-state index < -0.39 is 12.4 Å². The van der Waals surface area contributed by atoms with Crippen LogP contribution >= 0.6 is 11.8 Å². The largest absolute Gasteiger partial charge is 0.392 e. The van der Waals surface area contributed by atoms with Crippen molar-refractivity contribution in [3.8, 4) is 0 Å². The Labute approximate surface area is 102 Å². The fourth-order valence-corrected chi connectivity index (χ4v) is 2.41. The summed E-state index contributed by atoms with van der Waals surface area (Å²) in [6.07, 6.45) is 0. The summed E-state index contributed by atoms with van der Waals surface area (Å²) >= 11 is 1.10. The predicted octanol–water partition coefficient (Wildman–Crippen LogP) is 3.61. The Morgan fingerprint density at radius 1 is 0.882 bits per heavy atom. The molecule has 0 fully saturated rings. The summed E-state index contributed by atoms with van der Waals surface area (Å²) in [5.74, 6) is -0.834. The number of rotatable bonds is 3. The number of halogens is 2. The van der Waals surface area contributed by atoms with E-state index in [4.69, 9.17) is 5.11 Å².